The van der Waals surface area contributed by atoms with Gasteiger partial charge in [0.05, 0.1) is 0 Å². The van der Waals surface area contributed by atoms with Crippen molar-refractivity contribution in [2.45, 2.75) is 32.8 Å². The molecule has 0 unspecified atom stereocenters. The van der Waals surface area contributed by atoms with Crippen molar-refractivity contribution in [2.75, 3.05) is 6.54 Å². The molecule has 0 aliphatic rings. The summed E-state index contributed by atoms with van der Waals surface area (Å²) in [4.78, 5) is 27.8. The Hall–Kier alpha value is -2.24. The van der Waals surface area contributed by atoms with Gasteiger partial charge in [-0.2, -0.15) is 5.48 Å². The average molecular weight is 280 g/mol. The summed E-state index contributed by atoms with van der Waals surface area (Å²) in [5.41, 5.74) is 1.74. The Labute approximate surface area is 118 Å². The van der Waals surface area contributed by atoms with E-state index in [0.717, 1.165) is 0 Å². The number of para-hydroxylation sites is 1. The van der Waals surface area contributed by atoms with Gasteiger partial charge in [0.15, 0.2) is 5.75 Å². The SMILES string of the molecule is CC(C)(C)OC(=O)NCCC(=O)NOc1ccccc1. The molecule has 2 N–H and O–H groups in total. The molecule has 6 nitrogen and oxygen atoms in total. The highest BCUT2D eigenvalue weighted by molar-refractivity contribution is 5.76. The van der Waals surface area contributed by atoms with Crippen LogP contribution in [-0.4, -0.2) is 24.1 Å². The van der Waals surface area contributed by atoms with Gasteiger partial charge in [-0.3, -0.25) is 4.79 Å². The topological polar surface area (TPSA) is 76.7 Å². The predicted molar refractivity (Wildman–Crippen MR) is 74.1 cm³/mol. The predicted octanol–water partition coefficient (Wildman–Crippen LogP) is 2.01. The van der Waals surface area contributed by atoms with E-state index in [2.05, 4.69) is 10.8 Å². The summed E-state index contributed by atoms with van der Waals surface area (Å²) in [7, 11) is 0. The average Bonchev–Trinajstić information content (AvgIpc) is 2.35. The summed E-state index contributed by atoms with van der Waals surface area (Å²) >= 11 is 0. The van der Waals surface area contributed by atoms with Crippen LogP contribution < -0.4 is 15.6 Å². The Kier molecular flexibility index (Phi) is 5.83. The van der Waals surface area contributed by atoms with Crippen LogP contribution in [0.3, 0.4) is 0 Å². The van der Waals surface area contributed by atoms with E-state index in [0.29, 0.717) is 5.75 Å². The fraction of sp³-hybridized carbons (Fsp3) is 0.429. The Morgan fingerprint density at radius 2 is 1.80 bits per heavy atom. The van der Waals surface area contributed by atoms with Crippen LogP contribution in [-0.2, 0) is 9.53 Å². The van der Waals surface area contributed by atoms with E-state index in [9.17, 15) is 9.59 Å². The number of amides is 2. The molecule has 0 fully saturated rings. The molecule has 0 saturated carbocycles. The Morgan fingerprint density at radius 1 is 1.15 bits per heavy atom. The van der Waals surface area contributed by atoms with Gasteiger partial charge in [0, 0.05) is 13.0 Å². The van der Waals surface area contributed by atoms with Crippen LogP contribution in [0.5, 0.6) is 5.75 Å². The number of alkyl carbamates (subject to hydrolysis) is 1. The second-order valence-electron chi connectivity index (χ2n) is 5.12. The normalized spacial score (nSPS) is 10.6. The van der Waals surface area contributed by atoms with E-state index >= 15 is 0 Å². The minimum atomic E-state index is -0.553. The van der Waals surface area contributed by atoms with E-state index < -0.39 is 11.7 Å². The van der Waals surface area contributed by atoms with Crippen LogP contribution in [0.2, 0.25) is 0 Å². The number of nitrogens with one attached hydrogen (secondary N) is 2. The molecule has 1 aromatic carbocycles. The van der Waals surface area contributed by atoms with Gasteiger partial charge in [0.2, 0.25) is 0 Å². The van der Waals surface area contributed by atoms with Crippen molar-refractivity contribution < 1.29 is 19.2 Å². The number of carbonyl (C=O) groups is 2. The first kappa shape index (κ1) is 15.8. The van der Waals surface area contributed by atoms with E-state index in [1.807, 2.05) is 6.07 Å². The molecule has 0 aliphatic heterocycles. The Balaban J connectivity index is 2.16. The molecule has 0 spiro atoms. The largest absolute Gasteiger partial charge is 0.444 e. The van der Waals surface area contributed by atoms with Gasteiger partial charge in [-0.25, -0.2) is 4.79 Å². The Bertz CT molecular complexity index is 440. The summed E-state index contributed by atoms with van der Waals surface area (Å²) in [6, 6.07) is 8.88. The lowest BCUT2D eigenvalue weighted by atomic mass is 10.2. The van der Waals surface area contributed by atoms with Crippen LogP contribution in [0.15, 0.2) is 30.3 Å². The second kappa shape index (κ2) is 7.37. The van der Waals surface area contributed by atoms with Crippen molar-refractivity contribution in [1.29, 1.82) is 0 Å². The molecule has 0 atom stereocenters. The lowest BCUT2D eigenvalue weighted by Gasteiger charge is -2.19. The molecule has 0 saturated heterocycles. The van der Waals surface area contributed by atoms with Gasteiger partial charge in [-0.15, -0.1) is 0 Å². The molecule has 0 bridgehead atoms. The first-order valence-electron chi connectivity index (χ1n) is 6.34. The first-order chi connectivity index (χ1) is 9.37. The fourth-order valence-corrected chi connectivity index (χ4v) is 1.25. The van der Waals surface area contributed by atoms with Crippen molar-refractivity contribution in [2.24, 2.45) is 0 Å². The highest BCUT2D eigenvalue weighted by Crippen LogP contribution is 2.07. The summed E-state index contributed by atoms with van der Waals surface area (Å²) in [5.74, 6) is 0.214. The molecule has 20 heavy (non-hydrogen) atoms. The van der Waals surface area contributed by atoms with E-state index in [-0.39, 0.29) is 18.9 Å². The minimum absolute atomic E-state index is 0.103. The summed E-state index contributed by atoms with van der Waals surface area (Å²) in [5, 5.41) is 2.49. The molecule has 6 heteroatoms. The zero-order valence-electron chi connectivity index (χ0n) is 11.9. The van der Waals surface area contributed by atoms with Gasteiger partial charge < -0.3 is 14.9 Å². The lowest BCUT2D eigenvalue weighted by Crippen LogP contribution is -2.35. The molecule has 110 valence electrons. The molecule has 0 heterocycles. The molecule has 0 aromatic heterocycles. The summed E-state index contributed by atoms with van der Waals surface area (Å²) in [6.45, 7) is 5.49. The van der Waals surface area contributed by atoms with Gasteiger partial charge in [0.1, 0.15) is 5.60 Å². The number of benzene rings is 1. The number of ether oxygens (including phenoxy) is 1. The quantitative estimate of drug-likeness (QED) is 0.809. The zero-order valence-corrected chi connectivity index (χ0v) is 11.9. The molecular formula is C14H20N2O4. The maximum absolute atomic E-state index is 11.5. The van der Waals surface area contributed by atoms with Crippen LogP contribution in [0.1, 0.15) is 27.2 Å². The number of carbonyl (C=O) groups excluding carboxylic acids is 2. The molecule has 1 aromatic rings. The summed E-state index contributed by atoms with van der Waals surface area (Å²) < 4.78 is 5.04. The maximum atomic E-state index is 11.5. The third kappa shape index (κ3) is 7.25. The number of hydroxylamine groups is 1. The Morgan fingerprint density at radius 3 is 2.40 bits per heavy atom. The van der Waals surface area contributed by atoms with E-state index in [1.165, 1.54) is 0 Å². The van der Waals surface area contributed by atoms with Crippen LogP contribution in [0.4, 0.5) is 4.79 Å². The monoisotopic (exact) mass is 280 g/mol. The molecule has 1 rings (SSSR count). The number of hydrogen-bond donors (Lipinski definition) is 2. The van der Waals surface area contributed by atoms with Crippen LogP contribution in [0, 0.1) is 0 Å². The molecular weight excluding hydrogens is 260 g/mol. The second-order valence-corrected chi connectivity index (χ2v) is 5.12. The third-order valence-corrected chi connectivity index (χ3v) is 2.05. The standard InChI is InChI=1S/C14H20N2O4/c1-14(2,3)19-13(18)15-10-9-12(17)16-20-11-7-5-4-6-8-11/h4-8H,9-10H2,1-3H3,(H,15,18)(H,16,17). The van der Waals surface area contributed by atoms with Crippen molar-refractivity contribution in [3.05, 3.63) is 30.3 Å². The van der Waals surface area contributed by atoms with Crippen molar-refractivity contribution in [3.63, 3.8) is 0 Å². The number of hydrogen-bond acceptors (Lipinski definition) is 4. The highest BCUT2D eigenvalue weighted by atomic mass is 16.7. The van der Waals surface area contributed by atoms with Gasteiger partial charge in [-0.05, 0) is 32.9 Å². The third-order valence-electron chi connectivity index (χ3n) is 2.05. The maximum Gasteiger partial charge on any atom is 0.407 e. The summed E-state index contributed by atoms with van der Waals surface area (Å²) in [6.07, 6.45) is -0.444. The van der Waals surface area contributed by atoms with Gasteiger partial charge in [-0.1, -0.05) is 18.2 Å². The van der Waals surface area contributed by atoms with Gasteiger partial charge >= 0.3 is 6.09 Å². The molecule has 0 aliphatic carbocycles. The van der Waals surface area contributed by atoms with Crippen LogP contribution >= 0.6 is 0 Å². The van der Waals surface area contributed by atoms with E-state index in [1.54, 1.807) is 45.0 Å². The van der Waals surface area contributed by atoms with Gasteiger partial charge in [0.25, 0.3) is 5.91 Å². The molecule has 0 radical (unpaired) electrons. The van der Waals surface area contributed by atoms with E-state index in [4.69, 9.17) is 9.57 Å². The van der Waals surface area contributed by atoms with Crippen molar-refractivity contribution in [3.8, 4) is 5.75 Å². The van der Waals surface area contributed by atoms with Crippen molar-refractivity contribution >= 4 is 12.0 Å². The highest BCUT2D eigenvalue weighted by Gasteiger charge is 2.15. The smallest absolute Gasteiger partial charge is 0.407 e. The molecule has 2 amide bonds. The zero-order chi connectivity index (χ0) is 15.0. The minimum Gasteiger partial charge on any atom is -0.444 e. The number of rotatable bonds is 5. The first-order valence-corrected chi connectivity index (χ1v) is 6.34. The van der Waals surface area contributed by atoms with Crippen molar-refractivity contribution in [1.82, 2.24) is 10.8 Å². The lowest BCUT2D eigenvalue weighted by molar-refractivity contribution is -0.127. The fourth-order valence-electron chi connectivity index (χ4n) is 1.25. The van der Waals surface area contributed by atoms with Crippen LogP contribution in [0.25, 0.3) is 0 Å².